The molecule has 1 aliphatic heterocycles. The number of nitrogens with zero attached hydrogens (tertiary/aromatic N) is 1. The number of amides is 2. The summed E-state index contributed by atoms with van der Waals surface area (Å²) >= 11 is 0. The molecule has 3 atom stereocenters. The maximum atomic E-state index is 12.2. The fourth-order valence-corrected chi connectivity index (χ4v) is 4.91. The number of carbonyl (C=O) groups excluding carboxylic acids is 1. The highest BCUT2D eigenvalue weighted by atomic mass is 16.5. The van der Waals surface area contributed by atoms with Crippen molar-refractivity contribution in [3.63, 3.8) is 0 Å². The molecular weight excluding hydrogens is 278 g/mol. The lowest BCUT2D eigenvalue weighted by molar-refractivity contribution is -0.126. The van der Waals surface area contributed by atoms with Crippen molar-refractivity contribution >= 4 is 6.03 Å². The third kappa shape index (κ3) is 2.22. The van der Waals surface area contributed by atoms with E-state index in [2.05, 4.69) is 15.2 Å². The summed E-state index contributed by atoms with van der Waals surface area (Å²) in [6.45, 7) is 2.33. The Balaban J connectivity index is 1.31. The Morgan fingerprint density at radius 1 is 1.27 bits per heavy atom. The summed E-state index contributed by atoms with van der Waals surface area (Å²) in [6, 6.07) is 4.29. The molecule has 4 rings (SSSR count). The Labute approximate surface area is 131 Å². The van der Waals surface area contributed by atoms with Gasteiger partial charge in [-0.25, -0.2) is 4.79 Å². The molecule has 0 bridgehead atoms. The Bertz CT molecular complexity index is 522. The summed E-state index contributed by atoms with van der Waals surface area (Å²) in [7, 11) is 0. The van der Waals surface area contributed by atoms with Crippen LogP contribution in [0.15, 0.2) is 24.5 Å². The van der Waals surface area contributed by atoms with Gasteiger partial charge in [-0.05, 0) is 31.4 Å². The number of fused-ring (bicyclic) bond motifs is 2. The molecule has 1 spiro atoms. The molecule has 2 saturated carbocycles. The van der Waals surface area contributed by atoms with Crippen LogP contribution in [-0.2, 0) is 11.3 Å². The maximum Gasteiger partial charge on any atom is 0.315 e. The highest BCUT2D eigenvalue weighted by Gasteiger charge is 2.65. The summed E-state index contributed by atoms with van der Waals surface area (Å²) in [5.74, 6) is 0.535. The lowest BCUT2D eigenvalue weighted by Crippen LogP contribution is -2.69. The molecule has 1 aromatic rings. The molecule has 5 heteroatoms. The van der Waals surface area contributed by atoms with Crippen molar-refractivity contribution < 1.29 is 9.53 Å². The first-order valence-electron chi connectivity index (χ1n) is 8.56. The summed E-state index contributed by atoms with van der Waals surface area (Å²) < 4.78 is 8.03. The first-order valence-corrected chi connectivity index (χ1v) is 8.56. The van der Waals surface area contributed by atoms with Gasteiger partial charge < -0.3 is 19.9 Å². The third-order valence-electron chi connectivity index (χ3n) is 5.89. The van der Waals surface area contributed by atoms with Gasteiger partial charge in [0.1, 0.15) is 0 Å². The zero-order valence-electron chi connectivity index (χ0n) is 13.0. The van der Waals surface area contributed by atoms with Crippen molar-refractivity contribution in [1.29, 1.82) is 0 Å². The fourth-order valence-electron chi connectivity index (χ4n) is 4.91. The second-order valence-electron chi connectivity index (χ2n) is 6.98. The normalized spacial score (nSPS) is 31.7. The van der Waals surface area contributed by atoms with E-state index in [1.54, 1.807) is 0 Å². The number of urea groups is 1. The van der Waals surface area contributed by atoms with Crippen LogP contribution >= 0.6 is 0 Å². The van der Waals surface area contributed by atoms with Crippen molar-refractivity contribution in [3.05, 3.63) is 24.5 Å². The van der Waals surface area contributed by atoms with Crippen molar-refractivity contribution in [2.24, 2.45) is 11.3 Å². The van der Waals surface area contributed by atoms with Gasteiger partial charge in [-0.2, -0.15) is 0 Å². The van der Waals surface area contributed by atoms with Crippen LogP contribution in [0.25, 0.3) is 0 Å². The Kier molecular flexibility index (Phi) is 3.60. The number of nitrogens with one attached hydrogen (secondary N) is 2. The predicted molar refractivity (Wildman–Crippen MR) is 83.5 cm³/mol. The van der Waals surface area contributed by atoms with Gasteiger partial charge in [0, 0.05) is 49.5 Å². The van der Waals surface area contributed by atoms with E-state index in [9.17, 15) is 4.79 Å². The zero-order chi connectivity index (χ0) is 15.0. The Hall–Kier alpha value is -1.49. The largest absolute Gasteiger partial charge is 0.377 e. The topological polar surface area (TPSA) is 55.3 Å². The molecule has 2 amide bonds. The van der Waals surface area contributed by atoms with E-state index in [0.29, 0.717) is 24.6 Å². The van der Waals surface area contributed by atoms with E-state index >= 15 is 0 Å². The number of aromatic nitrogens is 1. The molecule has 3 aliphatic rings. The number of ether oxygens (including phenoxy) is 1. The predicted octanol–water partition coefficient (Wildman–Crippen LogP) is 2.13. The average molecular weight is 303 g/mol. The summed E-state index contributed by atoms with van der Waals surface area (Å²) in [4.78, 5) is 12.2. The number of hydrogen-bond acceptors (Lipinski definition) is 2. The summed E-state index contributed by atoms with van der Waals surface area (Å²) in [5.41, 5.74) is 0.235. The standard InChI is InChI=1S/C17H25N3O2/c21-16(18-8-11-20-9-3-4-10-20)19-14-13-5-12-22-15(13)17(14)6-1-2-7-17/h3-4,9-10,13-15H,1-2,5-8,11-12H2,(H2,18,19,21)/t13-,14-,15+/m1/s1. The molecule has 22 heavy (non-hydrogen) atoms. The third-order valence-corrected chi connectivity index (χ3v) is 5.89. The number of carbonyl (C=O) groups is 1. The lowest BCUT2D eigenvalue weighted by Gasteiger charge is -2.56. The van der Waals surface area contributed by atoms with Gasteiger partial charge >= 0.3 is 6.03 Å². The van der Waals surface area contributed by atoms with Crippen LogP contribution in [0.3, 0.4) is 0 Å². The first-order chi connectivity index (χ1) is 10.8. The highest BCUT2D eigenvalue weighted by Crippen LogP contribution is 2.60. The molecule has 1 saturated heterocycles. The van der Waals surface area contributed by atoms with Crippen LogP contribution in [0, 0.1) is 11.3 Å². The van der Waals surface area contributed by atoms with Gasteiger partial charge in [-0.15, -0.1) is 0 Å². The molecule has 120 valence electrons. The van der Waals surface area contributed by atoms with E-state index in [1.807, 2.05) is 24.5 Å². The van der Waals surface area contributed by atoms with Gasteiger partial charge in [0.25, 0.3) is 0 Å². The van der Waals surface area contributed by atoms with Crippen LogP contribution in [0.2, 0.25) is 0 Å². The molecular formula is C17H25N3O2. The van der Waals surface area contributed by atoms with Gasteiger partial charge in [0.2, 0.25) is 0 Å². The van der Waals surface area contributed by atoms with Gasteiger partial charge in [0.05, 0.1) is 6.10 Å². The summed E-state index contributed by atoms with van der Waals surface area (Å²) in [6.07, 6.45) is 10.5. The van der Waals surface area contributed by atoms with Crippen LogP contribution < -0.4 is 10.6 Å². The molecule has 0 aromatic carbocycles. The van der Waals surface area contributed by atoms with Crippen LogP contribution in [0.4, 0.5) is 4.79 Å². The zero-order valence-corrected chi connectivity index (χ0v) is 13.0. The van der Waals surface area contributed by atoms with Crippen molar-refractivity contribution in [1.82, 2.24) is 15.2 Å². The number of hydrogen-bond donors (Lipinski definition) is 2. The second kappa shape index (κ2) is 5.61. The van der Waals surface area contributed by atoms with Crippen LogP contribution in [0.5, 0.6) is 0 Å². The van der Waals surface area contributed by atoms with E-state index in [-0.39, 0.29) is 11.4 Å². The Morgan fingerprint density at radius 3 is 2.82 bits per heavy atom. The van der Waals surface area contributed by atoms with E-state index in [1.165, 1.54) is 25.7 Å². The summed E-state index contributed by atoms with van der Waals surface area (Å²) in [5, 5.41) is 6.26. The van der Waals surface area contributed by atoms with E-state index in [0.717, 1.165) is 19.6 Å². The SMILES string of the molecule is O=C(NCCn1cccc1)N[C@@H]1[C@H]2CCO[C@@H]2C12CCCC2. The van der Waals surface area contributed by atoms with Crippen LogP contribution in [0.1, 0.15) is 32.1 Å². The number of rotatable bonds is 4. The molecule has 2 aliphatic carbocycles. The molecule has 1 aromatic heterocycles. The van der Waals surface area contributed by atoms with Gasteiger partial charge in [-0.1, -0.05) is 12.8 Å². The smallest absolute Gasteiger partial charge is 0.315 e. The average Bonchev–Trinajstić information content (AvgIpc) is 3.24. The van der Waals surface area contributed by atoms with Gasteiger partial charge in [0.15, 0.2) is 0 Å². The minimum atomic E-state index is -0.0196. The van der Waals surface area contributed by atoms with E-state index < -0.39 is 0 Å². The minimum Gasteiger partial charge on any atom is -0.377 e. The quantitative estimate of drug-likeness (QED) is 0.895. The monoisotopic (exact) mass is 303 g/mol. The molecule has 3 fully saturated rings. The van der Waals surface area contributed by atoms with Gasteiger partial charge in [-0.3, -0.25) is 0 Å². The van der Waals surface area contributed by atoms with Crippen molar-refractivity contribution in [2.45, 2.75) is 50.8 Å². The lowest BCUT2D eigenvalue weighted by atomic mass is 9.54. The fraction of sp³-hybridized carbons (Fsp3) is 0.706. The van der Waals surface area contributed by atoms with E-state index in [4.69, 9.17) is 4.74 Å². The molecule has 2 N–H and O–H groups in total. The Morgan fingerprint density at radius 2 is 2.05 bits per heavy atom. The maximum absolute atomic E-state index is 12.2. The molecule has 2 heterocycles. The van der Waals surface area contributed by atoms with Crippen molar-refractivity contribution in [3.8, 4) is 0 Å². The first kappa shape index (κ1) is 14.1. The molecule has 0 radical (unpaired) electrons. The molecule has 0 unspecified atom stereocenters. The second-order valence-corrected chi connectivity index (χ2v) is 6.98. The van der Waals surface area contributed by atoms with Crippen LogP contribution in [-0.4, -0.2) is 35.9 Å². The minimum absolute atomic E-state index is 0.0196. The van der Waals surface area contributed by atoms with Crippen molar-refractivity contribution in [2.75, 3.05) is 13.2 Å². The molecule has 5 nitrogen and oxygen atoms in total. The highest BCUT2D eigenvalue weighted by molar-refractivity contribution is 5.74.